The maximum Gasteiger partial charge on any atom is 0.338 e. The van der Waals surface area contributed by atoms with E-state index < -0.39 is 12.1 Å². The van der Waals surface area contributed by atoms with Gasteiger partial charge >= 0.3 is 5.97 Å². The molecule has 2 aromatic heterocycles. The van der Waals surface area contributed by atoms with Crippen LogP contribution in [0.1, 0.15) is 27.6 Å². The summed E-state index contributed by atoms with van der Waals surface area (Å²) in [4.78, 5) is 32.0. The van der Waals surface area contributed by atoms with Crippen molar-refractivity contribution in [1.29, 1.82) is 0 Å². The normalized spacial score (nSPS) is 12.0. The van der Waals surface area contributed by atoms with Crippen LogP contribution in [0.25, 0.3) is 16.6 Å². The molecule has 0 aliphatic heterocycles. The van der Waals surface area contributed by atoms with E-state index in [4.69, 9.17) is 4.74 Å². The van der Waals surface area contributed by atoms with E-state index in [-0.39, 0.29) is 5.78 Å². The highest BCUT2D eigenvalue weighted by atomic mass is 16.5. The van der Waals surface area contributed by atoms with E-state index >= 15 is 0 Å². The Bertz CT molecular complexity index is 1100. The minimum absolute atomic E-state index is 0.250. The van der Waals surface area contributed by atoms with Crippen molar-refractivity contribution in [2.75, 3.05) is 0 Å². The molecular weight excluding hydrogens is 344 g/mol. The zero-order chi connectivity index (χ0) is 18.8. The van der Waals surface area contributed by atoms with Gasteiger partial charge in [-0.15, -0.1) is 0 Å². The van der Waals surface area contributed by atoms with Crippen LogP contribution in [0.15, 0.2) is 67.4 Å². The number of rotatable bonds is 5. The molecule has 0 saturated heterocycles. The Kier molecular flexibility index (Phi) is 4.25. The van der Waals surface area contributed by atoms with Gasteiger partial charge in [0.15, 0.2) is 6.10 Å². The molecule has 7 heteroatoms. The highest BCUT2D eigenvalue weighted by Gasteiger charge is 2.22. The number of carbonyl (C=O) groups is 2. The van der Waals surface area contributed by atoms with Crippen LogP contribution in [0.2, 0.25) is 0 Å². The summed E-state index contributed by atoms with van der Waals surface area (Å²) in [6.45, 7) is 1.58. The maximum absolute atomic E-state index is 12.7. The van der Waals surface area contributed by atoms with E-state index in [1.54, 1.807) is 48.4 Å². The molecule has 0 saturated carbocycles. The van der Waals surface area contributed by atoms with Crippen molar-refractivity contribution in [3.63, 3.8) is 0 Å². The number of nitrogens with one attached hydrogen (secondary N) is 1. The number of Topliss-reactive ketones (excluding diaryl/α,β-unsaturated/α-hetero) is 1. The number of para-hydroxylation sites is 1. The second-order valence-electron chi connectivity index (χ2n) is 6.05. The summed E-state index contributed by atoms with van der Waals surface area (Å²) in [6, 6.07) is 14.2. The van der Waals surface area contributed by atoms with E-state index in [1.165, 1.54) is 6.33 Å². The second kappa shape index (κ2) is 6.87. The number of nitrogens with zero attached hydrogens (tertiary/aromatic N) is 3. The van der Waals surface area contributed by atoms with Crippen molar-refractivity contribution in [1.82, 2.24) is 19.7 Å². The lowest BCUT2D eigenvalue weighted by Gasteiger charge is -2.12. The lowest BCUT2D eigenvalue weighted by atomic mass is 10.1. The molecule has 2 aromatic carbocycles. The molecule has 0 unspecified atom stereocenters. The van der Waals surface area contributed by atoms with Crippen LogP contribution < -0.4 is 0 Å². The Morgan fingerprint density at radius 3 is 2.63 bits per heavy atom. The molecule has 0 aliphatic rings. The van der Waals surface area contributed by atoms with Gasteiger partial charge < -0.3 is 9.72 Å². The largest absolute Gasteiger partial charge is 0.451 e. The summed E-state index contributed by atoms with van der Waals surface area (Å²) in [5.41, 5.74) is 2.50. The SMILES string of the molecule is C[C@H](OC(=O)c1ccc(-n2cncn2)cc1)C(=O)c1c[nH]c2ccccc12. The van der Waals surface area contributed by atoms with Crippen LogP contribution in [0.5, 0.6) is 0 Å². The number of aromatic nitrogens is 4. The van der Waals surface area contributed by atoms with Gasteiger partial charge in [0.25, 0.3) is 0 Å². The first-order valence-corrected chi connectivity index (χ1v) is 8.40. The van der Waals surface area contributed by atoms with Crippen LogP contribution in [-0.4, -0.2) is 37.6 Å². The molecule has 1 N–H and O–H groups in total. The molecule has 0 amide bonds. The Morgan fingerprint density at radius 2 is 1.89 bits per heavy atom. The summed E-state index contributed by atoms with van der Waals surface area (Å²) >= 11 is 0. The summed E-state index contributed by atoms with van der Waals surface area (Å²) in [7, 11) is 0. The molecule has 27 heavy (non-hydrogen) atoms. The zero-order valence-electron chi connectivity index (χ0n) is 14.5. The van der Waals surface area contributed by atoms with Gasteiger partial charge in [-0.3, -0.25) is 4.79 Å². The van der Waals surface area contributed by atoms with Gasteiger partial charge in [-0.05, 0) is 37.3 Å². The monoisotopic (exact) mass is 360 g/mol. The Balaban J connectivity index is 1.48. The van der Waals surface area contributed by atoms with E-state index in [1.807, 2.05) is 24.3 Å². The van der Waals surface area contributed by atoms with Crippen LogP contribution in [0.4, 0.5) is 0 Å². The third-order valence-corrected chi connectivity index (χ3v) is 4.29. The number of hydrogen-bond acceptors (Lipinski definition) is 5. The minimum Gasteiger partial charge on any atom is -0.451 e. The molecule has 0 aliphatic carbocycles. The molecular formula is C20H16N4O3. The molecule has 2 heterocycles. The fraction of sp³-hybridized carbons (Fsp3) is 0.100. The van der Waals surface area contributed by atoms with Gasteiger partial charge in [0.2, 0.25) is 5.78 Å². The van der Waals surface area contributed by atoms with Crippen LogP contribution >= 0.6 is 0 Å². The number of ketones is 1. The predicted octanol–water partition coefficient (Wildman–Crippen LogP) is 3.18. The molecule has 0 radical (unpaired) electrons. The molecule has 7 nitrogen and oxygen atoms in total. The molecule has 4 rings (SSSR count). The lowest BCUT2D eigenvalue weighted by molar-refractivity contribution is 0.0319. The second-order valence-corrected chi connectivity index (χ2v) is 6.05. The smallest absolute Gasteiger partial charge is 0.338 e. The summed E-state index contributed by atoms with van der Waals surface area (Å²) < 4.78 is 6.95. The van der Waals surface area contributed by atoms with Crippen molar-refractivity contribution < 1.29 is 14.3 Å². The number of hydrogen-bond donors (Lipinski definition) is 1. The van der Waals surface area contributed by atoms with Gasteiger partial charge in [-0.2, -0.15) is 5.10 Å². The van der Waals surface area contributed by atoms with Crippen molar-refractivity contribution >= 4 is 22.7 Å². The number of carbonyl (C=O) groups excluding carboxylic acids is 2. The van der Waals surface area contributed by atoms with Crippen LogP contribution in [0, 0.1) is 0 Å². The average molecular weight is 360 g/mol. The third kappa shape index (κ3) is 3.22. The van der Waals surface area contributed by atoms with Crippen LogP contribution in [0.3, 0.4) is 0 Å². The van der Waals surface area contributed by atoms with E-state index in [0.717, 1.165) is 16.6 Å². The first kappa shape index (κ1) is 16.7. The number of esters is 1. The molecule has 0 fully saturated rings. The summed E-state index contributed by atoms with van der Waals surface area (Å²) in [5.74, 6) is -0.805. The quantitative estimate of drug-likeness (QED) is 0.436. The first-order chi connectivity index (χ1) is 13.1. The standard InChI is InChI=1S/C20H16N4O3/c1-13(19(25)17-10-22-18-5-3-2-4-16(17)18)27-20(26)14-6-8-15(9-7-14)24-12-21-11-23-24/h2-13,22H,1H3/t13-/m0/s1. The summed E-state index contributed by atoms with van der Waals surface area (Å²) in [6.07, 6.45) is 3.74. The van der Waals surface area contributed by atoms with Gasteiger partial charge in [-0.1, -0.05) is 18.2 Å². The highest BCUT2D eigenvalue weighted by Crippen LogP contribution is 2.20. The summed E-state index contributed by atoms with van der Waals surface area (Å²) in [5, 5.41) is 4.84. The highest BCUT2D eigenvalue weighted by molar-refractivity contribution is 6.10. The lowest BCUT2D eigenvalue weighted by Crippen LogP contribution is -2.24. The van der Waals surface area contributed by atoms with Crippen molar-refractivity contribution in [2.24, 2.45) is 0 Å². The van der Waals surface area contributed by atoms with Crippen molar-refractivity contribution in [3.05, 3.63) is 78.5 Å². The number of aromatic amines is 1. The fourth-order valence-corrected chi connectivity index (χ4v) is 2.87. The first-order valence-electron chi connectivity index (χ1n) is 8.40. The molecule has 4 aromatic rings. The van der Waals surface area contributed by atoms with Crippen molar-refractivity contribution in [2.45, 2.75) is 13.0 Å². The average Bonchev–Trinajstić information content (AvgIpc) is 3.37. The van der Waals surface area contributed by atoms with Gasteiger partial charge in [-0.25, -0.2) is 14.5 Å². The Labute approximate surface area is 154 Å². The van der Waals surface area contributed by atoms with Crippen molar-refractivity contribution in [3.8, 4) is 5.69 Å². The Morgan fingerprint density at radius 1 is 1.11 bits per heavy atom. The molecule has 134 valence electrons. The van der Waals surface area contributed by atoms with E-state index in [0.29, 0.717) is 11.1 Å². The number of H-pyrrole nitrogens is 1. The van der Waals surface area contributed by atoms with Crippen LogP contribution in [-0.2, 0) is 4.74 Å². The predicted molar refractivity (Wildman–Crippen MR) is 98.9 cm³/mol. The minimum atomic E-state index is -0.897. The number of benzene rings is 2. The topological polar surface area (TPSA) is 89.9 Å². The maximum atomic E-state index is 12.7. The van der Waals surface area contributed by atoms with E-state index in [2.05, 4.69) is 15.1 Å². The molecule has 0 spiro atoms. The number of fused-ring (bicyclic) bond motifs is 1. The molecule has 1 atom stereocenters. The van der Waals surface area contributed by atoms with Gasteiger partial charge in [0.05, 0.1) is 11.3 Å². The fourth-order valence-electron chi connectivity index (χ4n) is 2.87. The van der Waals surface area contributed by atoms with Gasteiger partial charge in [0, 0.05) is 22.7 Å². The van der Waals surface area contributed by atoms with Gasteiger partial charge in [0.1, 0.15) is 12.7 Å². The third-order valence-electron chi connectivity index (χ3n) is 4.29. The molecule has 0 bridgehead atoms. The number of ether oxygens (including phenoxy) is 1. The Hall–Kier alpha value is -3.74. The van der Waals surface area contributed by atoms with E-state index in [9.17, 15) is 9.59 Å². The zero-order valence-corrected chi connectivity index (χ0v) is 14.5.